The minimum atomic E-state index is 0.910. The Hall–Kier alpha value is -6.18. The molecule has 0 spiro atoms. The molecular weight excluding hydrogens is 569 g/mol. The third kappa shape index (κ3) is 4.10. The molecule has 9 aromatic carbocycles. The third-order valence-electron chi connectivity index (χ3n) is 9.79. The summed E-state index contributed by atoms with van der Waals surface area (Å²) in [5, 5.41) is 12.2. The summed E-state index contributed by atoms with van der Waals surface area (Å²) in [4.78, 5) is 0. The van der Waals surface area contributed by atoms with Crippen LogP contribution < -0.4 is 0 Å². The topological polar surface area (TPSA) is 13.1 Å². The summed E-state index contributed by atoms with van der Waals surface area (Å²) in [5.41, 5.74) is 9.15. The minimum Gasteiger partial charge on any atom is -0.456 e. The maximum atomic E-state index is 6.52. The molecule has 10 aromatic rings. The summed E-state index contributed by atoms with van der Waals surface area (Å²) in [6.45, 7) is 0. The predicted octanol–water partition coefficient (Wildman–Crippen LogP) is 13.2. The van der Waals surface area contributed by atoms with E-state index in [-0.39, 0.29) is 0 Å². The lowest BCUT2D eigenvalue weighted by Gasteiger charge is -2.18. The Kier molecular flexibility index (Phi) is 5.64. The van der Waals surface area contributed by atoms with Crippen molar-refractivity contribution in [1.82, 2.24) is 0 Å². The third-order valence-corrected chi connectivity index (χ3v) is 9.79. The van der Waals surface area contributed by atoms with E-state index in [0.29, 0.717) is 0 Å². The monoisotopic (exact) mass is 596 g/mol. The van der Waals surface area contributed by atoms with Crippen LogP contribution in [0.15, 0.2) is 174 Å². The summed E-state index contributed by atoms with van der Waals surface area (Å²) in [6.07, 6.45) is 0. The molecule has 1 nitrogen and oxygen atoms in total. The number of hydrogen-bond donors (Lipinski definition) is 0. The molecule has 0 amide bonds. The number of furan rings is 1. The Bertz CT molecular complexity index is 2800. The second kappa shape index (κ2) is 10.2. The predicted molar refractivity (Wildman–Crippen MR) is 200 cm³/mol. The van der Waals surface area contributed by atoms with Crippen molar-refractivity contribution < 1.29 is 4.42 Å². The van der Waals surface area contributed by atoms with Gasteiger partial charge in [0.2, 0.25) is 0 Å². The van der Waals surface area contributed by atoms with Gasteiger partial charge in [-0.25, -0.2) is 0 Å². The van der Waals surface area contributed by atoms with Gasteiger partial charge in [0.15, 0.2) is 0 Å². The Morgan fingerprint density at radius 3 is 1.43 bits per heavy atom. The Morgan fingerprint density at radius 1 is 0.255 bits per heavy atom. The van der Waals surface area contributed by atoms with Crippen LogP contribution in [0.2, 0.25) is 0 Å². The van der Waals surface area contributed by atoms with Crippen molar-refractivity contribution in [2.75, 3.05) is 0 Å². The van der Waals surface area contributed by atoms with E-state index in [1.165, 1.54) is 70.9 Å². The SMILES string of the molecule is c1cc(-c2ccc3ccccc3c2)cc(-c2c3ccccc3c(-c3ccc4c(c3)oc3cc5ccccc5cc34)c3ccccc23)c1. The van der Waals surface area contributed by atoms with Crippen LogP contribution in [-0.2, 0) is 0 Å². The normalized spacial score (nSPS) is 11.8. The Morgan fingerprint density at radius 2 is 0.745 bits per heavy atom. The van der Waals surface area contributed by atoms with Crippen molar-refractivity contribution in [3.8, 4) is 33.4 Å². The maximum Gasteiger partial charge on any atom is 0.136 e. The van der Waals surface area contributed by atoms with E-state index >= 15 is 0 Å². The van der Waals surface area contributed by atoms with Crippen LogP contribution >= 0.6 is 0 Å². The summed E-state index contributed by atoms with van der Waals surface area (Å²) < 4.78 is 6.52. The van der Waals surface area contributed by atoms with Crippen LogP contribution in [0.3, 0.4) is 0 Å². The summed E-state index contributed by atoms with van der Waals surface area (Å²) in [7, 11) is 0. The minimum absolute atomic E-state index is 0.910. The molecular formula is C46H28O. The number of rotatable bonds is 3. The first-order chi connectivity index (χ1) is 23.3. The fourth-order valence-corrected chi connectivity index (χ4v) is 7.59. The van der Waals surface area contributed by atoms with Crippen molar-refractivity contribution in [2.24, 2.45) is 0 Å². The molecule has 1 heteroatoms. The van der Waals surface area contributed by atoms with E-state index in [1.807, 2.05) is 0 Å². The second-order valence-corrected chi connectivity index (χ2v) is 12.5. The zero-order valence-electron chi connectivity index (χ0n) is 25.6. The molecule has 0 bridgehead atoms. The highest BCUT2D eigenvalue weighted by Gasteiger charge is 2.18. The van der Waals surface area contributed by atoms with E-state index in [4.69, 9.17) is 4.42 Å². The molecule has 0 aliphatic heterocycles. The van der Waals surface area contributed by atoms with E-state index in [0.717, 1.165) is 27.5 Å². The van der Waals surface area contributed by atoms with Gasteiger partial charge in [-0.2, -0.15) is 0 Å². The van der Waals surface area contributed by atoms with Gasteiger partial charge in [0.25, 0.3) is 0 Å². The molecule has 0 atom stereocenters. The Balaban J connectivity index is 1.19. The molecule has 10 rings (SSSR count). The standard InChI is InChI=1S/C46H28O/c1-2-11-30-24-34(21-20-29(30)10-1)31-14-9-15-35(25-31)45-38-16-5-7-18-40(38)46(41-19-8-6-17-39(41)45)36-22-23-37-42-26-32-12-3-4-13-33(32)27-44(42)47-43(37)28-36/h1-28H. The van der Waals surface area contributed by atoms with E-state index in [2.05, 4.69) is 170 Å². The molecule has 0 aliphatic carbocycles. The van der Waals surface area contributed by atoms with Crippen molar-refractivity contribution in [2.45, 2.75) is 0 Å². The van der Waals surface area contributed by atoms with Gasteiger partial charge >= 0.3 is 0 Å². The van der Waals surface area contributed by atoms with Crippen LogP contribution in [0.25, 0.3) is 98.4 Å². The first kappa shape index (κ1) is 26.1. The molecule has 0 radical (unpaired) electrons. The van der Waals surface area contributed by atoms with Gasteiger partial charge < -0.3 is 4.42 Å². The lowest BCUT2D eigenvalue weighted by atomic mass is 9.85. The van der Waals surface area contributed by atoms with Gasteiger partial charge in [0, 0.05) is 10.8 Å². The van der Waals surface area contributed by atoms with Crippen molar-refractivity contribution >= 4 is 65.0 Å². The van der Waals surface area contributed by atoms with Gasteiger partial charge in [0.05, 0.1) is 0 Å². The fraction of sp³-hybridized carbons (Fsp3) is 0. The average Bonchev–Trinajstić information content (AvgIpc) is 3.49. The molecule has 0 N–H and O–H groups in total. The number of hydrogen-bond acceptors (Lipinski definition) is 1. The lowest BCUT2D eigenvalue weighted by Crippen LogP contribution is -1.91. The Labute approximate surface area is 271 Å². The zero-order chi connectivity index (χ0) is 30.9. The van der Waals surface area contributed by atoms with E-state index < -0.39 is 0 Å². The van der Waals surface area contributed by atoms with Gasteiger partial charge in [-0.1, -0.05) is 133 Å². The average molecular weight is 597 g/mol. The second-order valence-electron chi connectivity index (χ2n) is 12.5. The summed E-state index contributed by atoms with van der Waals surface area (Å²) in [5.74, 6) is 0. The van der Waals surface area contributed by atoms with E-state index in [9.17, 15) is 0 Å². The first-order valence-corrected chi connectivity index (χ1v) is 16.2. The zero-order valence-corrected chi connectivity index (χ0v) is 25.6. The van der Waals surface area contributed by atoms with Crippen molar-refractivity contribution in [3.05, 3.63) is 170 Å². The molecule has 1 aromatic heterocycles. The van der Waals surface area contributed by atoms with E-state index in [1.54, 1.807) is 0 Å². The molecule has 0 aliphatic rings. The number of benzene rings is 9. The van der Waals surface area contributed by atoms with Crippen LogP contribution in [0.4, 0.5) is 0 Å². The lowest BCUT2D eigenvalue weighted by molar-refractivity contribution is 0.669. The molecule has 0 unspecified atom stereocenters. The highest BCUT2D eigenvalue weighted by Crippen LogP contribution is 2.45. The van der Waals surface area contributed by atoms with Gasteiger partial charge in [-0.05, 0) is 113 Å². The molecule has 47 heavy (non-hydrogen) atoms. The van der Waals surface area contributed by atoms with Crippen LogP contribution in [0.1, 0.15) is 0 Å². The molecule has 0 saturated heterocycles. The molecule has 0 fully saturated rings. The van der Waals surface area contributed by atoms with Gasteiger partial charge in [-0.3, -0.25) is 0 Å². The molecule has 0 saturated carbocycles. The van der Waals surface area contributed by atoms with Crippen LogP contribution in [0, 0.1) is 0 Å². The smallest absolute Gasteiger partial charge is 0.136 e. The first-order valence-electron chi connectivity index (χ1n) is 16.2. The number of fused-ring (bicyclic) bond motifs is 7. The van der Waals surface area contributed by atoms with Gasteiger partial charge in [-0.15, -0.1) is 0 Å². The highest BCUT2D eigenvalue weighted by atomic mass is 16.3. The van der Waals surface area contributed by atoms with Crippen molar-refractivity contribution in [3.63, 3.8) is 0 Å². The van der Waals surface area contributed by atoms with Crippen molar-refractivity contribution in [1.29, 1.82) is 0 Å². The summed E-state index contributed by atoms with van der Waals surface area (Å²) in [6, 6.07) is 61.6. The maximum absolute atomic E-state index is 6.52. The van der Waals surface area contributed by atoms with Crippen LogP contribution in [-0.4, -0.2) is 0 Å². The highest BCUT2D eigenvalue weighted by molar-refractivity contribution is 6.22. The quantitative estimate of drug-likeness (QED) is 0.185. The van der Waals surface area contributed by atoms with Crippen LogP contribution in [0.5, 0.6) is 0 Å². The molecule has 218 valence electrons. The fourth-order valence-electron chi connectivity index (χ4n) is 7.59. The molecule has 1 heterocycles. The summed E-state index contributed by atoms with van der Waals surface area (Å²) >= 11 is 0. The van der Waals surface area contributed by atoms with Gasteiger partial charge in [0.1, 0.15) is 11.2 Å². The largest absolute Gasteiger partial charge is 0.456 e.